The van der Waals surface area contributed by atoms with Crippen molar-refractivity contribution in [2.75, 3.05) is 4.90 Å². The van der Waals surface area contributed by atoms with Gasteiger partial charge in [-0.3, -0.25) is 0 Å². The molecule has 2 aromatic heterocycles. The number of para-hydroxylation sites is 2. The average molecular weight is 654 g/mol. The van der Waals surface area contributed by atoms with Crippen molar-refractivity contribution < 1.29 is 8.83 Å². The first kappa shape index (κ1) is 29.1. The monoisotopic (exact) mass is 653 g/mol. The Morgan fingerprint density at radius 3 is 1.55 bits per heavy atom. The van der Waals surface area contributed by atoms with Crippen LogP contribution in [-0.4, -0.2) is 0 Å². The highest BCUT2D eigenvalue weighted by Crippen LogP contribution is 2.48. The summed E-state index contributed by atoms with van der Waals surface area (Å²) in [5.41, 5.74) is 13.3. The number of nitrogens with zero attached hydrogens (tertiary/aromatic N) is 1. The van der Waals surface area contributed by atoms with Crippen LogP contribution in [0.2, 0.25) is 0 Å². The van der Waals surface area contributed by atoms with Gasteiger partial charge in [0.2, 0.25) is 0 Å². The van der Waals surface area contributed by atoms with Crippen LogP contribution >= 0.6 is 0 Å². The number of benzene rings is 8. The van der Waals surface area contributed by atoms with Crippen LogP contribution in [0.25, 0.3) is 77.3 Å². The lowest BCUT2D eigenvalue weighted by Crippen LogP contribution is -2.11. The van der Waals surface area contributed by atoms with Crippen molar-refractivity contribution in [3.8, 4) is 33.4 Å². The predicted octanol–water partition coefficient (Wildman–Crippen LogP) is 14.0. The van der Waals surface area contributed by atoms with Crippen LogP contribution in [0.1, 0.15) is 0 Å². The van der Waals surface area contributed by atoms with E-state index in [1.165, 1.54) is 11.1 Å². The van der Waals surface area contributed by atoms with E-state index in [9.17, 15) is 0 Å². The molecule has 0 unspecified atom stereocenters. The molecule has 0 aliphatic carbocycles. The first-order chi connectivity index (χ1) is 25.3. The van der Waals surface area contributed by atoms with Crippen LogP contribution in [0, 0.1) is 0 Å². The number of rotatable bonds is 6. The van der Waals surface area contributed by atoms with Gasteiger partial charge in [-0.2, -0.15) is 0 Å². The van der Waals surface area contributed by atoms with Crippen molar-refractivity contribution in [1.82, 2.24) is 0 Å². The van der Waals surface area contributed by atoms with E-state index in [0.717, 1.165) is 83.2 Å². The number of fused-ring (bicyclic) bond motifs is 6. The van der Waals surface area contributed by atoms with Gasteiger partial charge in [0.1, 0.15) is 22.3 Å². The van der Waals surface area contributed by atoms with Crippen molar-refractivity contribution in [2.45, 2.75) is 0 Å². The van der Waals surface area contributed by atoms with Gasteiger partial charge in [0.05, 0.1) is 11.1 Å². The van der Waals surface area contributed by atoms with Crippen molar-refractivity contribution in [3.63, 3.8) is 0 Å². The largest absolute Gasteiger partial charge is 0.456 e. The third-order valence-corrected chi connectivity index (χ3v) is 9.88. The van der Waals surface area contributed by atoms with Crippen LogP contribution < -0.4 is 4.90 Å². The van der Waals surface area contributed by atoms with Crippen LogP contribution in [0.5, 0.6) is 0 Å². The molecule has 3 nitrogen and oxygen atoms in total. The lowest BCUT2D eigenvalue weighted by Gasteiger charge is -2.28. The molecule has 240 valence electrons. The number of furan rings is 2. The second-order valence-electron chi connectivity index (χ2n) is 12.9. The molecule has 0 amide bonds. The third-order valence-electron chi connectivity index (χ3n) is 9.88. The summed E-state index contributed by atoms with van der Waals surface area (Å²) in [6.07, 6.45) is 0. The fourth-order valence-corrected chi connectivity index (χ4v) is 7.52. The maximum absolute atomic E-state index is 6.74. The molecular weight excluding hydrogens is 623 g/mol. The molecule has 0 saturated heterocycles. The molecule has 10 aromatic rings. The fourth-order valence-electron chi connectivity index (χ4n) is 7.52. The molecule has 0 aliphatic rings. The molecule has 0 bridgehead atoms. The fraction of sp³-hybridized carbons (Fsp3) is 0. The molecule has 2 heterocycles. The van der Waals surface area contributed by atoms with Crippen molar-refractivity contribution >= 4 is 60.9 Å². The molecule has 51 heavy (non-hydrogen) atoms. The summed E-state index contributed by atoms with van der Waals surface area (Å²) >= 11 is 0. The molecule has 0 radical (unpaired) electrons. The molecule has 10 rings (SSSR count). The average Bonchev–Trinajstić information content (AvgIpc) is 3.78. The van der Waals surface area contributed by atoms with Gasteiger partial charge in [-0.05, 0) is 76.3 Å². The number of anilines is 3. The minimum Gasteiger partial charge on any atom is -0.456 e. The van der Waals surface area contributed by atoms with Gasteiger partial charge >= 0.3 is 0 Å². The maximum Gasteiger partial charge on any atom is 0.145 e. The van der Waals surface area contributed by atoms with Gasteiger partial charge in [-0.25, -0.2) is 0 Å². The van der Waals surface area contributed by atoms with E-state index >= 15 is 0 Å². The standard InChI is InChI=1S/C48H31NO2/c1-4-14-32(15-5-1)37-26-24-35(30-42(37)34-18-8-3-9-19-34)49(36-25-27-40-39-20-10-12-22-44(39)50-46(40)31-36)43-29-28-38(33-16-6-2-7-17-33)48-47(43)41-21-11-13-23-45(41)51-48/h1-31H. The van der Waals surface area contributed by atoms with E-state index < -0.39 is 0 Å². The van der Waals surface area contributed by atoms with E-state index in [0.29, 0.717) is 0 Å². The van der Waals surface area contributed by atoms with Gasteiger partial charge in [0, 0.05) is 39.2 Å². The zero-order chi connectivity index (χ0) is 33.7. The summed E-state index contributed by atoms with van der Waals surface area (Å²) in [6.45, 7) is 0. The van der Waals surface area contributed by atoms with E-state index in [-0.39, 0.29) is 0 Å². The maximum atomic E-state index is 6.74. The van der Waals surface area contributed by atoms with Gasteiger partial charge in [-0.1, -0.05) is 133 Å². The second-order valence-corrected chi connectivity index (χ2v) is 12.9. The Bertz CT molecular complexity index is 2850. The summed E-state index contributed by atoms with van der Waals surface area (Å²) in [5.74, 6) is 0. The second kappa shape index (κ2) is 11.9. The van der Waals surface area contributed by atoms with E-state index in [4.69, 9.17) is 8.83 Å². The van der Waals surface area contributed by atoms with E-state index in [1.54, 1.807) is 0 Å². The predicted molar refractivity (Wildman–Crippen MR) is 212 cm³/mol. The van der Waals surface area contributed by atoms with Gasteiger partial charge < -0.3 is 13.7 Å². The Balaban J connectivity index is 1.28. The smallest absolute Gasteiger partial charge is 0.145 e. The lowest BCUT2D eigenvalue weighted by atomic mass is 9.93. The molecular formula is C48H31NO2. The first-order valence-electron chi connectivity index (χ1n) is 17.3. The normalized spacial score (nSPS) is 11.5. The molecule has 0 saturated carbocycles. The Hall–Kier alpha value is -6.84. The van der Waals surface area contributed by atoms with Gasteiger partial charge in [-0.15, -0.1) is 0 Å². The van der Waals surface area contributed by atoms with Crippen molar-refractivity contribution in [3.05, 3.63) is 188 Å². The highest BCUT2D eigenvalue weighted by molar-refractivity contribution is 6.17. The summed E-state index contributed by atoms with van der Waals surface area (Å²) in [7, 11) is 0. The highest BCUT2D eigenvalue weighted by Gasteiger charge is 2.24. The molecule has 0 aliphatic heterocycles. The number of hydrogen-bond donors (Lipinski definition) is 0. The van der Waals surface area contributed by atoms with Crippen LogP contribution in [-0.2, 0) is 0 Å². The summed E-state index contributed by atoms with van der Waals surface area (Å²) in [4.78, 5) is 2.35. The van der Waals surface area contributed by atoms with Crippen molar-refractivity contribution in [1.29, 1.82) is 0 Å². The Morgan fingerprint density at radius 1 is 0.333 bits per heavy atom. The zero-order valence-corrected chi connectivity index (χ0v) is 27.7. The molecule has 0 atom stereocenters. The molecule has 0 spiro atoms. The Kier molecular flexibility index (Phi) is 6.81. The quantitative estimate of drug-likeness (QED) is 0.179. The molecule has 0 N–H and O–H groups in total. The first-order valence-corrected chi connectivity index (χ1v) is 17.3. The van der Waals surface area contributed by atoms with Gasteiger partial charge in [0.25, 0.3) is 0 Å². The minimum absolute atomic E-state index is 0.845. The lowest BCUT2D eigenvalue weighted by molar-refractivity contribution is 0.669. The summed E-state index contributed by atoms with van der Waals surface area (Å²) < 4.78 is 13.2. The highest BCUT2D eigenvalue weighted by atomic mass is 16.3. The van der Waals surface area contributed by atoms with Crippen LogP contribution in [0.15, 0.2) is 197 Å². The van der Waals surface area contributed by atoms with Gasteiger partial charge in [0.15, 0.2) is 0 Å². The summed E-state index contributed by atoms with van der Waals surface area (Å²) in [5, 5.41) is 4.33. The van der Waals surface area contributed by atoms with Crippen LogP contribution in [0.4, 0.5) is 17.1 Å². The Morgan fingerprint density at radius 2 is 0.843 bits per heavy atom. The Labute approximate surface area is 295 Å². The third kappa shape index (κ3) is 4.90. The SMILES string of the molecule is c1ccc(-c2ccc(N(c3ccc4c(c3)oc3ccccc34)c3ccc(-c4ccccc4)c4oc5ccccc5c34)cc2-c2ccccc2)cc1. The minimum atomic E-state index is 0.845. The molecule has 8 aromatic carbocycles. The van der Waals surface area contributed by atoms with Crippen LogP contribution in [0.3, 0.4) is 0 Å². The van der Waals surface area contributed by atoms with E-state index in [1.807, 2.05) is 24.3 Å². The summed E-state index contributed by atoms with van der Waals surface area (Å²) in [6, 6.07) is 66.1. The number of hydrogen-bond acceptors (Lipinski definition) is 3. The molecule has 0 fully saturated rings. The van der Waals surface area contributed by atoms with E-state index in [2.05, 4.69) is 169 Å². The topological polar surface area (TPSA) is 29.5 Å². The zero-order valence-electron chi connectivity index (χ0n) is 27.7. The molecule has 3 heteroatoms. The van der Waals surface area contributed by atoms with Crippen molar-refractivity contribution in [2.24, 2.45) is 0 Å².